The molecule has 0 aromatic carbocycles. The van der Waals surface area contributed by atoms with Crippen LogP contribution in [-0.4, -0.2) is 45.3 Å². The highest BCUT2D eigenvalue weighted by Crippen LogP contribution is 2.17. The van der Waals surface area contributed by atoms with Gasteiger partial charge in [0.2, 0.25) is 6.41 Å². The number of hydrogen-bond acceptors (Lipinski definition) is 7. The molecule has 0 bridgehead atoms. The highest BCUT2D eigenvalue weighted by Gasteiger charge is 2.20. The minimum absolute atomic E-state index is 0.342. The van der Waals surface area contributed by atoms with Crippen molar-refractivity contribution in [2.75, 3.05) is 19.2 Å². The van der Waals surface area contributed by atoms with Gasteiger partial charge in [-0.05, 0) is 13.0 Å². The fourth-order valence-electron chi connectivity index (χ4n) is 1.53. The van der Waals surface area contributed by atoms with E-state index in [2.05, 4.69) is 25.4 Å². The maximum absolute atomic E-state index is 10.6. The Morgan fingerprint density at radius 3 is 2.75 bits per heavy atom. The fourth-order valence-corrected chi connectivity index (χ4v) is 1.53. The number of carbonyl (C=O) groups excluding carboxylic acids is 1. The van der Waals surface area contributed by atoms with E-state index in [1.54, 1.807) is 32.4 Å². The van der Waals surface area contributed by atoms with Crippen LogP contribution in [0.5, 0.6) is 0 Å². The molecular formula is C11H15N7O2. The molecule has 0 radical (unpaired) electrons. The van der Waals surface area contributed by atoms with Gasteiger partial charge in [-0.1, -0.05) is 0 Å². The number of hydrogen-bond donors (Lipinski definition) is 1. The van der Waals surface area contributed by atoms with E-state index >= 15 is 0 Å². The van der Waals surface area contributed by atoms with Crippen LogP contribution in [0.15, 0.2) is 18.5 Å². The van der Waals surface area contributed by atoms with Gasteiger partial charge >= 0.3 is 0 Å². The lowest BCUT2D eigenvalue weighted by atomic mass is 10.3. The summed E-state index contributed by atoms with van der Waals surface area (Å²) in [6.45, 7) is 1.79. The van der Waals surface area contributed by atoms with Gasteiger partial charge in [0, 0.05) is 19.4 Å². The van der Waals surface area contributed by atoms with Gasteiger partial charge in [0.25, 0.3) is 11.9 Å². The predicted molar refractivity (Wildman–Crippen MR) is 70.0 cm³/mol. The molecule has 106 valence electrons. The van der Waals surface area contributed by atoms with Crippen molar-refractivity contribution in [3.63, 3.8) is 0 Å². The summed E-state index contributed by atoms with van der Waals surface area (Å²) in [5.41, 5.74) is 0. The molecule has 1 atom stereocenters. The van der Waals surface area contributed by atoms with E-state index in [4.69, 9.17) is 4.84 Å². The number of aromatic nitrogens is 5. The zero-order chi connectivity index (χ0) is 14.5. The van der Waals surface area contributed by atoms with Crippen LogP contribution in [0.3, 0.4) is 0 Å². The SMILES string of the molecule is CON(C)c1nc([C@H](C)NC=O)n(-c2ncccn2)n1. The summed E-state index contributed by atoms with van der Waals surface area (Å²) in [5.74, 6) is 1.21. The number of rotatable bonds is 6. The first-order valence-corrected chi connectivity index (χ1v) is 5.89. The Morgan fingerprint density at radius 1 is 1.45 bits per heavy atom. The number of nitrogens with one attached hydrogen (secondary N) is 1. The number of carbonyl (C=O) groups is 1. The van der Waals surface area contributed by atoms with Crippen molar-refractivity contribution in [2.45, 2.75) is 13.0 Å². The number of nitrogens with zero attached hydrogens (tertiary/aromatic N) is 6. The summed E-state index contributed by atoms with van der Waals surface area (Å²) < 4.78 is 1.46. The summed E-state index contributed by atoms with van der Waals surface area (Å²) in [4.78, 5) is 28.2. The molecule has 1 N–H and O–H groups in total. The number of anilines is 1. The molecule has 0 aliphatic carbocycles. The molecule has 0 aliphatic rings. The molecule has 0 unspecified atom stereocenters. The Labute approximate surface area is 115 Å². The summed E-state index contributed by atoms with van der Waals surface area (Å²) in [6.07, 6.45) is 3.81. The molecule has 9 nitrogen and oxygen atoms in total. The lowest BCUT2D eigenvalue weighted by Gasteiger charge is -2.09. The first-order chi connectivity index (χ1) is 9.67. The van der Waals surface area contributed by atoms with E-state index in [0.29, 0.717) is 24.1 Å². The van der Waals surface area contributed by atoms with Crippen LogP contribution in [-0.2, 0) is 9.63 Å². The Morgan fingerprint density at radius 2 is 2.15 bits per heavy atom. The Hall–Kier alpha value is -2.55. The molecule has 1 amide bonds. The molecule has 0 spiro atoms. The first-order valence-electron chi connectivity index (χ1n) is 5.89. The molecule has 0 fully saturated rings. The quantitative estimate of drug-likeness (QED) is 0.579. The zero-order valence-electron chi connectivity index (χ0n) is 11.4. The minimum Gasteiger partial charge on any atom is -0.349 e. The Bertz CT molecular complexity index is 571. The van der Waals surface area contributed by atoms with Crippen LogP contribution in [0.2, 0.25) is 0 Å². The highest BCUT2D eigenvalue weighted by atomic mass is 16.7. The van der Waals surface area contributed by atoms with Crippen LogP contribution in [0.4, 0.5) is 5.95 Å². The first kappa shape index (κ1) is 13.9. The summed E-state index contributed by atoms with van der Waals surface area (Å²) in [6, 6.07) is 1.36. The topological polar surface area (TPSA) is 98.1 Å². The molecule has 2 heterocycles. The van der Waals surface area contributed by atoms with E-state index in [9.17, 15) is 4.79 Å². The van der Waals surface area contributed by atoms with E-state index in [-0.39, 0.29) is 6.04 Å². The van der Waals surface area contributed by atoms with Crippen molar-refractivity contribution < 1.29 is 9.63 Å². The molecule has 0 aliphatic heterocycles. The molecule has 0 saturated heterocycles. The van der Waals surface area contributed by atoms with Gasteiger partial charge in [-0.15, -0.1) is 5.10 Å². The second kappa shape index (κ2) is 6.06. The minimum atomic E-state index is -0.345. The number of hydroxylamine groups is 1. The van der Waals surface area contributed by atoms with E-state index in [1.165, 1.54) is 16.9 Å². The molecule has 2 aromatic rings. The van der Waals surface area contributed by atoms with Crippen molar-refractivity contribution in [2.24, 2.45) is 0 Å². The average molecular weight is 277 g/mol. The molecule has 2 aromatic heterocycles. The largest absolute Gasteiger partial charge is 0.349 e. The fraction of sp³-hybridized carbons (Fsp3) is 0.364. The van der Waals surface area contributed by atoms with Gasteiger partial charge in [-0.2, -0.15) is 9.67 Å². The third-order valence-corrected chi connectivity index (χ3v) is 2.62. The van der Waals surface area contributed by atoms with Crippen LogP contribution < -0.4 is 10.4 Å². The zero-order valence-corrected chi connectivity index (χ0v) is 11.4. The van der Waals surface area contributed by atoms with Crippen LogP contribution >= 0.6 is 0 Å². The molecule has 0 saturated carbocycles. The lowest BCUT2D eigenvalue weighted by Crippen LogP contribution is -2.21. The van der Waals surface area contributed by atoms with E-state index in [1.807, 2.05) is 0 Å². The van der Waals surface area contributed by atoms with Crippen LogP contribution in [0.25, 0.3) is 5.95 Å². The normalized spacial score (nSPS) is 11.9. The average Bonchev–Trinajstić information content (AvgIpc) is 2.93. The van der Waals surface area contributed by atoms with E-state index < -0.39 is 0 Å². The number of amides is 1. The smallest absolute Gasteiger partial charge is 0.269 e. The van der Waals surface area contributed by atoms with Gasteiger partial charge in [0.05, 0.1) is 13.2 Å². The second-order valence-electron chi connectivity index (χ2n) is 3.92. The maximum atomic E-state index is 10.6. The molecular weight excluding hydrogens is 262 g/mol. The van der Waals surface area contributed by atoms with Crippen molar-refractivity contribution in [3.05, 3.63) is 24.3 Å². The van der Waals surface area contributed by atoms with Crippen molar-refractivity contribution in [1.29, 1.82) is 0 Å². The van der Waals surface area contributed by atoms with Gasteiger partial charge in [-0.3, -0.25) is 9.63 Å². The predicted octanol–water partition coefficient (Wildman–Crippen LogP) is -0.138. The lowest BCUT2D eigenvalue weighted by molar-refractivity contribution is -0.110. The highest BCUT2D eigenvalue weighted by molar-refractivity contribution is 5.47. The van der Waals surface area contributed by atoms with Crippen LogP contribution in [0.1, 0.15) is 18.8 Å². The van der Waals surface area contributed by atoms with Gasteiger partial charge in [0.1, 0.15) is 0 Å². The van der Waals surface area contributed by atoms with Crippen molar-refractivity contribution >= 4 is 12.4 Å². The Balaban J connectivity index is 2.47. The second-order valence-corrected chi connectivity index (χ2v) is 3.92. The monoisotopic (exact) mass is 277 g/mol. The van der Waals surface area contributed by atoms with Gasteiger partial charge < -0.3 is 5.32 Å². The van der Waals surface area contributed by atoms with Crippen LogP contribution in [0, 0.1) is 0 Å². The van der Waals surface area contributed by atoms with Gasteiger partial charge in [-0.25, -0.2) is 15.0 Å². The molecule has 2 rings (SSSR count). The summed E-state index contributed by atoms with van der Waals surface area (Å²) in [7, 11) is 3.18. The maximum Gasteiger partial charge on any atom is 0.269 e. The Kier molecular flexibility index (Phi) is 4.20. The summed E-state index contributed by atoms with van der Waals surface area (Å²) in [5, 5.41) is 8.30. The molecule has 9 heteroatoms. The molecule has 20 heavy (non-hydrogen) atoms. The van der Waals surface area contributed by atoms with Crippen molar-refractivity contribution in [3.8, 4) is 5.95 Å². The third kappa shape index (κ3) is 2.72. The van der Waals surface area contributed by atoms with Crippen molar-refractivity contribution in [1.82, 2.24) is 30.0 Å². The van der Waals surface area contributed by atoms with E-state index in [0.717, 1.165) is 0 Å². The van der Waals surface area contributed by atoms with Gasteiger partial charge in [0.15, 0.2) is 5.82 Å². The summed E-state index contributed by atoms with van der Waals surface area (Å²) >= 11 is 0. The standard InChI is InChI=1S/C11H15N7O2/c1-8(14-7-19)9-15-11(17(2)20-3)16-18(9)10-12-5-4-6-13-10/h4-8H,1-3H3,(H,14,19)/t8-/m0/s1. The third-order valence-electron chi connectivity index (χ3n) is 2.62.